The van der Waals surface area contributed by atoms with Crippen LogP contribution in [0, 0.1) is 5.41 Å². The number of hydrogen-bond acceptors (Lipinski definition) is 3. The third-order valence-corrected chi connectivity index (χ3v) is 3.99. The fourth-order valence-electron chi connectivity index (χ4n) is 2.95. The number of rotatable bonds is 6. The maximum Gasteiger partial charge on any atom is 0.303 e. The van der Waals surface area contributed by atoms with Crippen LogP contribution in [0.2, 0.25) is 0 Å². The van der Waals surface area contributed by atoms with Crippen molar-refractivity contribution >= 4 is 17.8 Å². The summed E-state index contributed by atoms with van der Waals surface area (Å²) >= 11 is 0. The highest BCUT2D eigenvalue weighted by atomic mass is 16.4. The van der Waals surface area contributed by atoms with Crippen molar-refractivity contribution in [2.45, 2.75) is 57.9 Å². The average molecular weight is 284 g/mol. The lowest BCUT2D eigenvalue weighted by Crippen LogP contribution is -2.45. The Bertz CT molecular complexity index is 375. The third kappa shape index (κ3) is 4.83. The van der Waals surface area contributed by atoms with E-state index in [0.29, 0.717) is 0 Å². The number of aliphatic carboxylic acids is 1. The van der Waals surface area contributed by atoms with Gasteiger partial charge >= 0.3 is 5.97 Å². The molecule has 0 bridgehead atoms. The predicted octanol–water partition coefficient (Wildman–Crippen LogP) is 1.05. The molecule has 1 rings (SSSR count). The summed E-state index contributed by atoms with van der Waals surface area (Å²) in [5, 5.41) is 14.2. The van der Waals surface area contributed by atoms with Gasteiger partial charge in [-0.05, 0) is 25.2 Å². The summed E-state index contributed by atoms with van der Waals surface area (Å²) in [4.78, 5) is 34.5. The molecule has 1 aliphatic carbocycles. The van der Waals surface area contributed by atoms with Crippen molar-refractivity contribution in [2.24, 2.45) is 5.41 Å². The number of amides is 2. The number of likely N-dealkylation sites (N-methyl/N-ethyl adjacent to an activating group) is 1. The summed E-state index contributed by atoms with van der Waals surface area (Å²) in [6.07, 6.45) is 4.76. The van der Waals surface area contributed by atoms with E-state index in [1.807, 2.05) is 0 Å². The van der Waals surface area contributed by atoms with Crippen LogP contribution in [0.25, 0.3) is 0 Å². The molecule has 1 atom stereocenters. The van der Waals surface area contributed by atoms with E-state index in [9.17, 15) is 14.4 Å². The van der Waals surface area contributed by atoms with E-state index in [-0.39, 0.29) is 24.7 Å². The molecule has 0 radical (unpaired) electrons. The zero-order valence-electron chi connectivity index (χ0n) is 12.2. The van der Waals surface area contributed by atoms with Crippen LogP contribution in [0.4, 0.5) is 0 Å². The van der Waals surface area contributed by atoms with Crippen LogP contribution < -0.4 is 10.6 Å². The number of carboxylic acids is 1. The summed E-state index contributed by atoms with van der Waals surface area (Å²) in [5.74, 6) is -1.36. The summed E-state index contributed by atoms with van der Waals surface area (Å²) in [5.41, 5.74) is -0.448. The lowest BCUT2D eigenvalue weighted by Gasteiger charge is -2.35. The molecule has 0 aromatic rings. The Labute approximate surface area is 119 Å². The molecule has 114 valence electrons. The van der Waals surface area contributed by atoms with Crippen LogP contribution in [-0.4, -0.2) is 36.0 Å². The average Bonchev–Trinajstić information content (AvgIpc) is 2.37. The predicted molar refractivity (Wildman–Crippen MR) is 74.1 cm³/mol. The Morgan fingerprint density at radius 3 is 2.25 bits per heavy atom. The van der Waals surface area contributed by atoms with Gasteiger partial charge in [0.2, 0.25) is 11.8 Å². The second-order valence-corrected chi connectivity index (χ2v) is 5.71. The van der Waals surface area contributed by atoms with Crippen molar-refractivity contribution in [1.82, 2.24) is 10.6 Å². The van der Waals surface area contributed by atoms with Crippen molar-refractivity contribution in [3.8, 4) is 0 Å². The van der Waals surface area contributed by atoms with Crippen molar-refractivity contribution in [1.29, 1.82) is 0 Å². The maximum atomic E-state index is 12.0. The van der Waals surface area contributed by atoms with E-state index in [1.54, 1.807) is 6.92 Å². The normalized spacial score (nSPS) is 18.9. The van der Waals surface area contributed by atoms with Crippen LogP contribution >= 0.6 is 0 Å². The molecule has 6 heteroatoms. The van der Waals surface area contributed by atoms with Crippen LogP contribution in [-0.2, 0) is 14.4 Å². The van der Waals surface area contributed by atoms with Gasteiger partial charge in [0, 0.05) is 13.5 Å². The van der Waals surface area contributed by atoms with Crippen LogP contribution in [0.1, 0.15) is 51.9 Å². The lowest BCUT2D eigenvalue weighted by atomic mass is 9.69. The molecule has 0 aromatic heterocycles. The van der Waals surface area contributed by atoms with E-state index in [0.717, 1.165) is 32.1 Å². The third-order valence-electron chi connectivity index (χ3n) is 3.99. The van der Waals surface area contributed by atoms with Crippen LogP contribution in [0.15, 0.2) is 0 Å². The monoisotopic (exact) mass is 284 g/mol. The summed E-state index contributed by atoms with van der Waals surface area (Å²) in [6, 6.07) is -0.599. The first-order valence-electron chi connectivity index (χ1n) is 7.11. The fraction of sp³-hybridized carbons (Fsp3) is 0.786. The Hall–Kier alpha value is -1.59. The van der Waals surface area contributed by atoms with E-state index in [2.05, 4.69) is 10.6 Å². The smallest absolute Gasteiger partial charge is 0.303 e. The Morgan fingerprint density at radius 1 is 1.15 bits per heavy atom. The number of carbonyl (C=O) groups excluding carboxylic acids is 2. The lowest BCUT2D eigenvalue weighted by molar-refractivity contribution is -0.141. The Balaban J connectivity index is 2.62. The second kappa shape index (κ2) is 7.26. The molecule has 0 spiro atoms. The molecule has 1 fully saturated rings. The highest BCUT2D eigenvalue weighted by molar-refractivity contribution is 5.87. The Morgan fingerprint density at radius 2 is 1.75 bits per heavy atom. The number of hydrogen-bond donors (Lipinski definition) is 3. The second-order valence-electron chi connectivity index (χ2n) is 5.71. The van der Waals surface area contributed by atoms with Crippen LogP contribution in [0.5, 0.6) is 0 Å². The molecule has 6 nitrogen and oxygen atoms in total. The van der Waals surface area contributed by atoms with Gasteiger partial charge in [-0.15, -0.1) is 0 Å². The van der Waals surface area contributed by atoms with E-state index in [4.69, 9.17) is 5.11 Å². The molecule has 1 aliphatic rings. The minimum Gasteiger partial charge on any atom is -0.481 e. The minimum atomic E-state index is -0.862. The zero-order chi connectivity index (χ0) is 15.2. The maximum absolute atomic E-state index is 12.0. The molecule has 1 saturated carbocycles. The highest BCUT2D eigenvalue weighted by Gasteiger charge is 2.36. The van der Waals surface area contributed by atoms with Gasteiger partial charge in [-0.1, -0.05) is 19.3 Å². The first-order chi connectivity index (χ1) is 9.38. The Kier molecular flexibility index (Phi) is 5.98. The van der Waals surface area contributed by atoms with E-state index < -0.39 is 17.4 Å². The molecule has 3 N–H and O–H groups in total. The standard InChI is InChI=1S/C14H24N2O4/c1-10(13(20)15-2)16-11(17)8-14(9-12(18)19)6-4-3-5-7-14/h10H,3-9H2,1-2H3,(H,15,20)(H,16,17)(H,18,19). The molecular formula is C14H24N2O4. The van der Waals surface area contributed by atoms with Gasteiger partial charge < -0.3 is 15.7 Å². The zero-order valence-corrected chi connectivity index (χ0v) is 12.2. The van der Waals surface area contributed by atoms with E-state index >= 15 is 0 Å². The van der Waals surface area contributed by atoms with Gasteiger partial charge in [-0.25, -0.2) is 0 Å². The number of nitrogens with one attached hydrogen (secondary N) is 2. The molecule has 0 saturated heterocycles. The molecule has 1 unspecified atom stereocenters. The number of carbonyl (C=O) groups is 3. The number of carboxylic acid groups (broad SMARTS) is 1. The molecule has 20 heavy (non-hydrogen) atoms. The van der Waals surface area contributed by atoms with Gasteiger partial charge in [0.25, 0.3) is 0 Å². The van der Waals surface area contributed by atoms with Gasteiger partial charge in [-0.2, -0.15) is 0 Å². The van der Waals surface area contributed by atoms with Crippen molar-refractivity contribution in [3.63, 3.8) is 0 Å². The van der Waals surface area contributed by atoms with Gasteiger partial charge in [-0.3, -0.25) is 14.4 Å². The van der Waals surface area contributed by atoms with Crippen molar-refractivity contribution in [2.75, 3.05) is 7.05 Å². The molecule has 2 amide bonds. The molecule has 0 heterocycles. The molecule has 0 aromatic carbocycles. The first kappa shape index (κ1) is 16.5. The molecular weight excluding hydrogens is 260 g/mol. The fourth-order valence-corrected chi connectivity index (χ4v) is 2.95. The van der Waals surface area contributed by atoms with Crippen LogP contribution in [0.3, 0.4) is 0 Å². The summed E-state index contributed by atoms with van der Waals surface area (Å²) in [6.45, 7) is 1.61. The van der Waals surface area contributed by atoms with Crippen molar-refractivity contribution in [3.05, 3.63) is 0 Å². The van der Waals surface area contributed by atoms with Gasteiger partial charge in [0.05, 0.1) is 6.42 Å². The summed E-state index contributed by atoms with van der Waals surface area (Å²) in [7, 11) is 1.51. The topological polar surface area (TPSA) is 95.5 Å². The molecule has 0 aliphatic heterocycles. The van der Waals surface area contributed by atoms with Gasteiger partial charge in [0.1, 0.15) is 6.04 Å². The quantitative estimate of drug-likeness (QED) is 0.679. The summed E-state index contributed by atoms with van der Waals surface area (Å²) < 4.78 is 0. The highest BCUT2D eigenvalue weighted by Crippen LogP contribution is 2.42. The van der Waals surface area contributed by atoms with Gasteiger partial charge in [0.15, 0.2) is 0 Å². The first-order valence-corrected chi connectivity index (χ1v) is 7.11. The van der Waals surface area contributed by atoms with Crippen molar-refractivity contribution < 1.29 is 19.5 Å². The van der Waals surface area contributed by atoms with E-state index in [1.165, 1.54) is 7.05 Å². The largest absolute Gasteiger partial charge is 0.481 e. The SMILES string of the molecule is CNC(=O)C(C)NC(=O)CC1(CC(=O)O)CCCCC1. The minimum absolute atomic E-state index is 0.0226.